The van der Waals surface area contributed by atoms with Gasteiger partial charge in [-0.2, -0.15) is 0 Å². The van der Waals surface area contributed by atoms with Gasteiger partial charge in [-0.3, -0.25) is 4.79 Å². The summed E-state index contributed by atoms with van der Waals surface area (Å²) in [6.07, 6.45) is 17.3. The van der Waals surface area contributed by atoms with Gasteiger partial charge < -0.3 is 0 Å². The molecular formula is C22H32O. The second-order valence-electron chi connectivity index (χ2n) is 8.83. The molecule has 0 aromatic carbocycles. The molecule has 2 fully saturated rings. The fourth-order valence-electron chi connectivity index (χ4n) is 6.59. The molecule has 0 spiro atoms. The van der Waals surface area contributed by atoms with Crippen LogP contribution in [0.5, 0.6) is 0 Å². The standard InChI is InChI=1S/C22H32O/c1-3-4-5-16-7-11-21-20-9-6-15-14-17(23)8-10-18(15)19(20)12-13-22(16,21)2/h7,14,18-21H,3-6,8-13H2,1-2H3/t18?,19?,20?,21?,22-/m1/s1. The lowest BCUT2D eigenvalue weighted by Crippen LogP contribution is -2.45. The Kier molecular flexibility index (Phi) is 4.02. The summed E-state index contributed by atoms with van der Waals surface area (Å²) in [5.74, 6) is 3.82. The summed E-state index contributed by atoms with van der Waals surface area (Å²) in [5, 5.41) is 0. The minimum absolute atomic E-state index is 0.389. The fraction of sp³-hybridized carbons (Fsp3) is 0.773. The largest absolute Gasteiger partial charge is 0.295 e. The van der Waals surface area contributed by atoms with E-state index in [-0.39, 0.29) is 0 Å². The van der Waals surface area contributed by atoms with E-state index in [2.05, 4.69) is 19.9 Å². The lowest BCUT2D eigenvalue weighted by molar-refractivity contribution is -0.116. The van der Waals surface area contributed by atoms with Crippen molar-refractivity contribution < 1.29 is 4.79 Å². The number of carbonyl (C=O) groups excluding carboxylic acids is 1. The summed E-state index contributed by atoms with van der Waals surface area (Å²) in [4.78, 5) is 11.8. The Morgan fingerprint density at radius 1 is 1.17 bits per heavy atom. The molecule has 0 radical (unpaired) electrons. The van der Waals surface area contributed by atoms with Gasteiger partial charge in [0.05, 0.1) is 0 Å². The lowest BCUT2D eigenvalue weighted by Gasteiger charge is -2.53. The van der Waals surface area contributed by atoms with Gasteiger partial charge in [-0.1, -0.05) is 37.5 Å². The van der Waals surface area contributed by atoms with Crippen molar-refractivity contribution in [1.29, 1.82) is 0 Å². The van der Waals surface area contributed by atoms with Gasteiger partial charge in [0.2, 0.25) is 0 Å². The van der Waals surface area contributed by atoms with E-state index < -0.39 is 0 Å². The molecular weight excluding hydrogens is 280 g/mol. The van der Waals surface area contributed by atoms with E-state index in [1.165, 1.54) is 56.9 Å². The van der Waals surface area contributed by atoms with Gasteiger partial charge >= 0.3 is 0 Å². The summed E-state index contributed by atoms with van der Waals surface area (Å²) in [6.45, 7) is 4.89. The average molecular weight is 312 g/mol. The van der Waals surface area contributed by atoms with Crippen LogP contribution in [0.25, 0.3) is 0 Å². The van der Waals surface area contributed by atoms with Crippen LogP contribution in [0.2, 0.25) is 0 Å². The summed E-state index contributed by atoms with van der Waals surface area (Å²) < 4.78 is 0. The predicted molar refractivity (Wildman–Crippen MR) is 95.1 cm³/mol. The Labute approximate surface area is 141 Å². The molecule has 0 heterocycles. The highest BCUT2D eigenvalue weighted by molar-refractivity contribution is 5.91. The van der Waals surface area contributed by atoms with Gasteiger partial charge in [0, 0.05) is 6.42 Å². The smallest absolute Gasteiger partial charge is 0.155 e. The maximum Gasteiger partial charge on any atom is 0.155 e. The number of carbonyl (C=O) groups is 1. The fourth-order valence-corrected chi connectivity index (χ4v) is 6.59. The molecule has 5 atom stereocenters. The number of ketones is 1. The maximum absolute atomic E-state index is 11.8. The second-order valence-corrected chi connectivity index (χ2v) is 8.83. The molecule has 4 aliphatic rings. The number of unbranched alkanes of at least 4 members (excludes halogenated alkanes) is 1. The number of rotatable bonds is 3. The SMILES string of the molecule is CCCCC1=CCC2C3CCC4=CC(=O)CCC4C3CC[C@]12C. The van der Waals surface area contributed by atoms with Crippen LogP contribution in [-0.2, 0) is 4.79 Å². The molecule has 23 heavy (non-hydrogen) atoms. The molecule has 0 aromatic heterocycles. The summed E-state index contributed by atoms with van der Waals surface area (Å²) in [5.41, 5.74) is 3.81. The van der Waals surface area contributed by atoms with Gasteiger partial charge in [-0.05, 0) is 86.5 Å². The number of allylic oxidation sites excluding steroid dienone is 4. The van der Waals surface area contributed by atoms with Gasteiger partial charge in [0.15, 0.2) is 5.78 Å². The molecule has 0 N–H and O–H groups in total. The minimum Gasteiger partial charge on any atom is -0.295 e. The highest BCUT2D eigenvalue weighted by atomic mass is 16.1. The number of fused-ring (bicyclic) bond motifs is 5. The van der Waals surface area contributed by atoms with Crippen molar-refractivity contribution >= 4 is 5.78 Å². The van der Waals surface area contributed by atoms with E-state index in [4.69, 9.17) is 0 Å². The van der Waals surface area contributed by atoms with Crippen LogP contribution in [0.1, 0.15) is 78.1 Å². The van der Waals surface area contributed by atoms with Crippen molar-refractivity contribution in [3.8, 4) is 0 Å². The molecule has 2 saturated carbocycles. The molecule has 0 amide bonds. The Morgan fingerprint density at radius 3 is 2.87 bits per heavy atom. The topological polar surface area (TPSA) is 17.1 Å². The Morgan fingerprint density at radius 2 is 2.04 bits per heavy atom. The van der Waals surface area contributed by atoms with Crippen LogP contribution in [0, 0.1) is 29.1 Å². The zero-order valence-electron chi connectivity index (χ0n) is 14.9. The van der Waals surface area contributed by atoms with Crippen molar-refractivity contribution in [3.63, 3.8) is 0 Å². The monoisotopic (exact) mass is 312 g/mol. The predicted octanol–water partition coefficient (Wildman–Crippen LogP) is 5.85. The zero-order valence-corrected chi connectivity index (χ0v) is 14.9. The van der Waals surface area contributed by atoms with Crippen molar-refractivity contribution in [2.75, 3.05) is 0 Å². The molecule has 0 aliphatic heterocycles. The maximum atomic E-state index is 11.8. The Balaban J connectivity index is 1.55. The first-order valence-electron chi connectivity index (χ1n) is 10.1. The Bertz CT molecular complexity index is 554. The molecule has 4 aliphatic carbocycles. The highest BCUT2D eigenvalue weighted by Gasteiger charge is 2.53. The molecule has 4 unspecified atom stereocenters. The molecule has 126 valence electrons. The molecule has 4 rings (SSSR count). The van der Waals surface area contributed by atoms with E-state index in [1.807, 2.05) is 6.08 Å². The average Bonchev–Trinajstić information content (AvgIpc) is 2.89. The van der Waals surface area contributed by atoms with Crippen LogP contribution < -0.4 is 0 Å². The van der Waals surface area contributed by atoms with Crippen molar-refractivity contribution in [2.45, 2.75) is 78.1 Å². The third-order valence-corrected chi connectivity index (χ3v) is 7.84. The third kappa shape index (κ3) is 2.46. The molecule has 0 bridgehead atoms. The first-order chi connectivity index (χ1) is 11.1. The van der Waals surface area contributed by atoms with Crippen LogP contribution in [-0.4, -0.2) is 5.78 Å². The molecule has 0 aromatic rings. The zero-order chi connectivity index (χ0) is 16.0. The van der Waals surface area contributed by atoms with Gasteiger partial charge in [-0.15, -0.1) is 0 Å². The van der Waals surface area contributed by atoms with Gasteiger partial charge in [0.1, 0.15) is 0 Å². The summed E-state index contributed by atoms with van der Waals surface area (Å²) in [6, 6.07) is 0. The highest BCUT2D eigenvalue weighted by Crippen LogP contribution is 2.62. The van der Waals surface area contributed by atoms with Gasteiger partial charge in [0.25, 0.3) is 0 Å². The van der Waals surface area contributed by atoms with Crippen molar-refractivity contribution in [1.82, 2.24) is 0 Å². The third-order valence-electron chi connectivity index (χ3n) is 7.84. The quantitative estimate of drug-likeness (QED) is 0.597. The van der Waals surface area contributed by atoms with Crippen LogP contribution in [0.3, 0.4) is 0 Å². The van der Waals surface area contributed by atoms with Crippen LogP contribution in [0.4, 0.5) is 0 Å². The number of hydrogen-bond acceptors (Lipinski definition) is 1. The van der Waals surface area contributed by atoms with E-state index in [1.54, 1.807) is 5.57 Å². The van der Waals surface area contributed by atoms with Crippen molar-refractivity contribution in [2.24, 2.45) is 29.1 Å². The van der Waals surface area contributed by atoms with Crippen LogP contribution in [0.15, 0.2) is 23.3 Å². The minimum atomic E-state index is 0.389. The van der Waals surface area contributed by atoms with Crippen LogP contribution >= 0.6 is 0 Å². The van der Waals surface area contributed by atoms with E-state index in [0.717, 1.165) is 36.5 Å². The Hall–Kier alpha value is -0.850. The second kappa shape index (κ2) is 5.90. The van der Waals surface area contributed by atoms with Gasteiger partial charge in [-0.25, -0.2) is 0 Å². The first kappa shape index (κ1) is 15.7. The summed E-state index contributed by atoms with van der Waals surface area (Å²) in [7, 11) is 0. The lowest BCUT2D eigenvalue weighted by atomic mass is 9.51. The van der Waals surface area contributed by atoms with E-state index >= 15 is 0 Å². The van der Waals surface area contributed by atoms with E-state index in [0.29, 0.717) is 11.2 Å². The van der Waals surface area contributed by atoms with Crippen molar-refractivity contribution in [3.05, 3.63) is 23.3 Å². The molecule has 0 saturated heterocycles. The van der Waals surface area contributed by atoms with E-state index in [9.17, 15) is 4.79 Å². The molecule has 1 heteroatoms. The first-order valence-corrected chi connectivity index (χ1v) is 10.1. The molecule has 1 nitrogen and oxygen atoms in total. The summed E-state index contributed by atoms with van der Waals surface area (Å²) >= 11 is 0. The normalized spacial score (nSPS) is 42.4. The number of hydrogen-bond donors (Lipinski definition) is 0.